The first kappa shape index (κ1) is 17.1. The maximum atomic E-state index is 11.7. The molecule has 0 saturated carbocycles. The normalized spacial score (nSPS) is 13.5. The number of carbonyl (C=O) groups excluding carboxylic acids is 3. The van der Waals surface area contributed by atoms with Crippen LogP contribution in [-0.2, 0) is 14.4 Å². The Bertz CT molecular complexity index is 309. The molecule has 0 aliphatic rings. The summed E-state index contributed by atoms with van der Waals surface area (Å²) in [6.07, 6.45) is 0.220. The van der Waals surface area contributed by atoms with Crippen LogP contribution in [0.2, 0.25) is 0 Å². The van der Waals surface area contributed by atoms with E-state index in [1.807, 2.05) is 22.6 Å². The Morgan fingerprint density at radius 1 is 1.28 bits per heavy atom. The Morgan fingerprint density at radius 2 is 1.89 bits per heavy atom. The molecule has 0 aromatic rings. The van der Waals surface area contributed by atoms with Crippen LogP contribution in [0.15, 0.2) is 0 Å². The first-order valence-corrected chi connectivity index (χ1v) is 6.83. The van der Waals surface area contributed by atoms with Crippen LogP contribution in [-0.4, -0.2) is 40.8 Å². The zero-order valence-corrected chi connectivity index (χ0v) is 12.4. The molecule has 6 N–H and O–H groups in total. The molecule has 18 heavy (non-hydrogen) atoms. The Morgan fingerprint density at radius 3 is 2.33 bits per heavy atom. The molecule has 0 spiro atoms. The van der Waals surface area contributed by atoms with Crippen LogP contribution in [0, 0.1) is 0 Å². The summed E-state index contributed by atoms with van der Waals surface area (Å²) in [5.41, 5.74) is 10.3. The van der Waals surface area contributed by atoms with E-state index >= 15 is 0 Å². The molecular weight excluding hydrogens is 351 g/mol. The fraction of sp³-hybridized carbons (Fsp3) is 0.700. The Kier molecular flexibility index (Phi) is 8.63. The summed E-state index contributed by atoms with van der Waals surface area (Å²) >= 11 is 1.94. The summed E-state index contributed by atoms with van der Waals surface area (Å²) in [6.45, 7) is 2.34. The van der Waals surface area contributed by atoms with Crippen LogP contribution in [0.4, 0.5) is 0 Å². The highest BCUT2D eigenvalue weighted by molar-refractivity contribution is 14.1. The van der Waals surface area contributed by atoms with E-state index in [0.717, 1.165) is 0 Å². The van der Waals surface area contributed by atoms with E-state index < -0.39 is 11.9 Å². The zero-order chi connectivity index (χ0) is 14.1. The van der Waals surface area contributed by atoms with Crippen LogP contribution in [0.3, 0.4) is 0 Å². The van der Waals surface area contributed by atoms with Gasteiger partial charge in [0, 0.05) is 19.5 Å². The molecule has 0 aliphatic heterocycles. The van der Waals surface area contributed by atoms with Gasteiger partial charge < -0.3 is 22.1 Å². The fourth-order valence-corrected chi connectivity index (χ4v) is 1.34. The number of nitrogens with two attached hydrogens (primary N) is 2. The summed E-state index contributed by atoms with van der Waals surface area (Å²) < 4.78 is -0.263. The van der Waals surface area contributed by atoms with Crippen LogP contribution >= 0.6 is 22.6 Å². The predicted octanol–water partition coefficient (Wildman–Crippen LogP) is -1.36. The average molecular weight is 370 g/mol. The third-order valence-corrected chi connectivity index (χ3v) is 2.68. The third-order valence-electron chi connectivity index (χ3n) is 2.12. The maximum Gasteiger partial charge on any atom is 0.242 e. The van der Waals surface area contributed by atoms with Gasteiger partial charge in [0.25, 0.3) is 0 Å². The van der Waals surface area contributed by atoms with Gasteiger partial charge in [0.05, 0.1) is 3.92 Å². The number of hydrogen-bond acceptors (Lipinski definition) is 4. The van der Waals surface area contributed by atoms with E-state index in [9.17, 15) is 14.4 Å². The maximum absolute atomic E-state index is 11.7. The lowest BCUT2D eigenvalue weighted by molar-refractivity contribution is -0.129. The van der Waals surface area contributed by atoms with Crippen molar-refractivity contribution in [2.45, 2.75) is 29.7 Å². The number of amides is 3. The van der Waals surface area contributed by atoms with Gasteiger partial charge in [-0.05, 0) is 13.3 Å². The SMILES string of the molecule is CC(I)C(=O)NC(CCC(N)=O)C(=O)NCCN. The Balaban J connectivity index is 4.45. The van der Waals surface area contributed by atoms with Gasteiger partial charge in [-0.3, -0.25) is 14.4 Å². The van der Waals surface area contributed by atoms with Gasteiger partial charge >= 0.3 is 0 Å². The molecular formula is C10H19IN4O3. The van der Waals surface area contributed by atoms with Crippen LogP contribution < -0.4 is 22.1 Å². The topological polar surface area (TPSA) is 127 Å². The lowest BCUT2D eigenvalue weighted by Crippen LogP contribution is -2.49. The highest BCUT2D eigenvalue weighted by Gasteiger charge is 2.22. The lowest BCUT2D eigenvalue weighted by atomic mass is 10.1. The van der Waals surface area contributed by atoms with Gasteiger partial charge in [-0.1, -0.05) is 22.6 Å². The monoisotopic (exact) mass is 370 g/mol. The number of hydrogen-bond donors (Lipinski definition) is 4. The average Bonchev–Trinajstić information content (AvgIpc) is 2.30. The summed E-state index contributed by atoms with van der Waals surface area (Å²) in [5.74, 6) is -1.12. The van der Waals surface area contributed by atoms with E-state index in [-0.39, 0.29) is 28.6 Å². The molecule has 0 fully saturated rings. The smallest absolute Gasteiger partial charge is 0.242 e. The molecule has 8 heteroatoms. The summed E-state index contributed by atoms with van der Waals surface area (Å²) in [6, 6.07) is -0.756. The van der Waals surface area contributed by atoms with E-state index in [0.29, 0.717) is 13.1 Å². The molecule has 0 aromatic heterocycles. The van der Waals surface area contributed by atoms with Gasteiger partial charge in [-0.15, -0.1) is 0 Å². The van der Waals surface area contributed by atoms with Crippen molar-refractivity contribution in [2.75, 3.05) is 13.1 Å². The number of carbonyl (C=O) groups is 3. The number of halogens is 1. The Hall–Kier alpha value is -0.900. The summed E-state index contributed by atoms with van der Waals surface area (Å²) in [4.78, 5) is 34.0. The fourth-order valence-electron chi connectivity index (χ4n) is 1.16. The first-order valence-electron chi connectivity index (χ1n) is 5.59. The highest BCUT2D eigenvalue weighted by Crippen LogP contribution is 2.02. The minimum atomic E-state index is -0.756. The zero-order valence-electron chi connectivity index (χ0n) is 10.2. The van der Waals surface area contributed by atoms with Crippen LogP contribution in [0.5, 0.6) is 0 Å². The second-order valence-electron chi connectivity index (χ2n) is 3.76. The Labute approximate surface area is 120 Å². The molecule has 3 amide bonds. The second kappa shape index (κ2) is 9.09. The summed E-state index contributed by atoms with van der Waals surface area (Å²) in [5, 5.41) is 5.14. The molecule has 0 heterocycles. The minimum Gasteiger partial charge on any atom is -0.370 e. The van der Waals surface area contributed by atoms with Gasteiger partial charge in [0.1, 0.15) is 6.04 Å². The van der Waals surface area contributed by atoms with Crippen molar-refractivity contribution in [3.63, 3.8) is 0 Å². The second-order valence-corrected chi connectivity index (χ2v) is 5.63. The largest absolute Gasteiger partial charge is 0.370 e. The highest BCUT2D eigenvalue weighted by atomic mass is 127. The molecule has 2 unspecified atom stereocenters. The van der Waals surface area contributed by atoms with E-state index in [1.165, 1.54) is 0 Å². The van der Waals surface area contributed by atoms with Gasteiger partial charge in [0.2, 0.25) is 17.7 Å². The number of primary amides is 1. The predicted molar refractivity (Wildman–Crippen MR) is 75.9 cm³/mol. The van der Waals surface area contributed by atoms with Gasteiger partial charge in [-0.2, -0.15) is 0 Å². The van der Waals surface area contributed by atoms with Crippen molar-refractivity contribution in [3.05, 3.63) is 0 Å². The molecule has 0 radical (unpaired) electrons. The minimum absolute atomic E-state index is 0.0383. The van der Waals surface area contributed by atoms with Crippen molar-refractivity contribution in [3.8, 4) is 0 Å². The molecule has 0 aliphatic carbocycles. The van der Waals surface area contributed by atoms with Gasteiger partial charge in [0.15, 0.2) is 0 Å². The lowest BCUT2D eigenvalue weighted by Gasteiger charge is -2.18. The van der Waals surface area contributed by atoms with Crippen molar-refractivity contribution in [1.29, 1.82) is 0 Å². The van der Waals surface area contributed by atoms with E-state index in [2.05, 4.69) is 10.6 Å². The van der Waals surface area contributed by atoms with Crippen molar-refractivity contribution in [1.82, 2.24) is 10.6 Å². The first-order chi connectivity index (χ1) is 8.38. The molecule has 2 atom stereocenters. The number of rotatable bonds is 8. The molecule has 0 rings (SSSR count). The number of nitrogens with one attached hydrogen (secondary N) is 2. The summed E-state index contributed by atoms with van der Waals surface area (Å²) in [7, 11) is 0. The van der Waals surface area contributed by atoms with Crippen LogP contribution in [0.1, 0.15) is 19.8 Å². The molecule has 0 aromatic carbocycles. The molecule has 104 valence electrons. The third kappa shape index (κ3) is 7.43. The molecule has 0 bridgehead atoms. The molecule has 0 saturated heterocycles. The standard InChI is InChI=1S/C10H19IN4O3/c1-6(11)9(17)15-7(2-3-8(13)16)10(18)14-5-4-12/h6-7H,2-5,12H2,1H3,(H2,13,16)(H,14,18)(H,15,17). The van der Waals surface area contributed by atoms with Gasteiger partial charge in [-0.25, -0.2) is 0 Å². The van der Waals surface area contributed by atoms with E-state index in [1.54, 1.807) is 6.92 Å². The number of alkyl halides is 1. The molecule has 7 nitrogen and oxygen atoms in total. The van der Waals surface area contributed by atoms with Crippen LogP contribution in [0.25, 0.3) is 0 Å². The quantitative estimate of drug-likeness (QED) is 0.311. The van der Waals surface area contributed by atoms with E-state index in [4.69, 9.17) is 11.5 Å². The van der Waals surface area contributed by atoms with Crippen molar-refractivity contribution < 1.29 is 14.4 Å². The van der Waals surface area contributed by atoms with Crippen molar-refractivity contribution in [2.24, 2.45) is 11.5 Å². The van der Waals surface area contributed by atoms with Crippen molar-refractivity contribution >= 4 is 40.3 Å².